The van der Waals surface area contributed by atoms with Crippen LogP contribution in [-0.2, 0) is 11.0 Å². The van der Waals surface area contributed by atoms with Crippen molar-refractivity contribution in [1.29, 1.82) is 0 Å². The molecule has 1 saturated carbocycles. The summed E-state index contributed by atoms with van der Waals surface area (Å²) in [6.45, 7) is 0. The third-order valence-corrected chi connectivity index (χ3v) is 2.83. The maximum atomic E-state index is 13.0. The van der Waals surface area contributed by atoms with E-state index in [4.69, 9.17) is 5.11 Å². The van der Waals surface area contributed by atoms with Crippen molar-refractivity contribution in [2.24, 2.45) is 5.92 Å². The Morgan fingerprint density at radius 1 is 1.35 bits per heavy atom. The zero-order valence-electron chi connectivity index (χ0n) is 8.46. The Morgan fingerprint density at radius 3 is 2.47 bits per heavy atom. The maximum absolute atomic E-state index is 13.0. The first-order valence-corrected chi connectivity index (χ1v) is 4.90. The van der Waals surface area contributed by atoms with Crippen molar-refractivity contribution < 1.29 is 27.5 Å². The van der Waals surface area contributed by atoms with Gasteiger partial charge in [-0.3, -0.25) is 4.79 Å². The van der Waals surface area contributed by atoms with Crippen molar-refractivity contribution in [2.45, 2.75) is 18.5 Å². The number of halogens is 4. The summed E-state index contributed by atoms with van der Waals surface area (Å²) >= 11 is 0. The van der Waals surface area contributed by atoms with E-state index in [1.165, 1.54) is 6.07 Å². The molecule has 0 bridgehead atoms. The molecule has 1 N–H and O–H groups in total. The van der Waals surface area contributed by atoms with Crippen LogP contribution in [0.3, 0.4) is 0 Å². The average molecular weight is 248 g/mol. The van der Waals surface area contributed by atoms with Crippen LogP contribution in [0.25, 0.3) is 0 Å². The normalized spacial score (nSPS) is 23.5. The molecule has 2 atom stereocenters. The molecule has 1 aliphatic carbocycles. The molecule has 0 aromatic heterocycles. The maximum Gasteiger partial charge on any atom is 0.419 e. The summed E-state index contributed by atoms with van der Waals surface area (Å²) in [6, 6.07) is 2.64. The lowest BCUT2D eigenvalue weighted by molar-refractivity contribution is -0.140. The van der Waals surface area contributed by atoms with Crippen molar-refractivity contribution in [2.75, 3.05) is 0 Å². The van der Waals surface area contributed by atoms with E-state index in [9.17, 15) is 22.4 Å². The summed E-state index contributed by atoms with van der Waals surface area (Å²) in [5.74, 6) is -3.46. The molecule has 1 aromatic carbocycles. The van der Waals surface area contributed by atoms with Gasteiger partial charge in [0.15, 0.2) is 0 Å². The Kier molecular flexibility index (Phi) is 2.60. The zero-order chi connectivity index (χ0) is 12.8. The molecule has 0 aliphatic heterocycles. The number of aliphatic carboxylic acids is 1. The SMILES string of the molecule is O=C(O)[C@@H]1C[C@@H]1c1ccc(F)c(C(F)(F)F)c1. The number of hydrogen-bond donors (Lipinski definition) is 1. The number of rotatable bonds is 2. The van der Waals surface area contributed by atoms with E-state index in [-0.39, 0.29) is 5.56 Å². The van der Waals surface area contributed by atoms with E-state index in [1.54, 1.807) is 0 Å². The quantitative estimate of drug-likeness (QED) is 0.817. The van der Waals surface area contributed by atoms with Crippen LogP contribution < -0.4 is 0 Å². The highest BCUT2D eigenvalue weighted by Crippen LogP contribution is 2.48. The fourth-order valence-corrected chi connectivity index (χ4v) is 1.83. The van der Waals surface area contributed by atoms with E-state index in [0.717, 1.165) is 6.07 Å². The predicted molar refractivity (Wildman–Crippen MR) is 49.9 cm³/mol. The van der Waals surface area contributed by atoms with E-state index in [1.807, 2.05) is 0 Å². The minimum Gasteiger partial charge on any atom is -0.481 e. The predicted octanol–water partition coefficient (Wildman–Crippen LogP) is 3.03. The molecule has 0 unspecified atom stereocenters. The number of carboxylic acid groups (broad SMARTS) is 1. The Balaban J connectivity index is 2.30. The van der Waals surface area contributed by atoms with Gasteiger partial charge in [-0.05, 0) is 30.0 Å². The Bertz CT molecular complexity index is 467. The average Bonchev–Trinajstić information content (AvgIpc) is 2.96. The summed E-state index contributed by atoms with van der Waals surface area (Å²) < 4.78 is 50.2. The molecular formula is C11H8F4O2. The standard InChI is InChI=1S/C11H8F4O2/c12-9-2-1-5(3-8(9)11(13,14)15)6-4-7(6)10(16)17/h1-3,6-7H,4H2,(H,16,17)/t6-,7-/m1/s1. The number of benzene rings is 1. The highest BCUT2D eigenvalue weighted by molar-refractivity contribution is 5.75. The molecule has 2 nitrogen and oxygen atoms in total. The molecule has 0 radical (unpaired) electrons. The number of carboxylic acids is 1. The molecule has 0 heterocycles. The number of alkyl halides is 3. The topological polar surface area (TPSA) is 37.3 Å². The lowest BCUT2D eigenvalue weighted by atomic mass is 10.0. The minimum atomic E-state index is -4.76. The fraction of sp³-hybridized carbons (Fsp3) is 0.364. The van der Waals surface area contributed by atoms with E-state index >= 15 is 0 Å². The van der Waals surface area contributed by atoms with Crippen LogP contribution in [0, 0.1) is 11.7 Å². The van der Waals surface area contributed by atoms with Gasteiger partial charge in [-0.2, -0.15) is 13.2 Å². The third kappa shape index (κ3) is 2.25. The van der Waals surface area contributed by atoms with Gasteiger partial charge in [-0.25, -0.2) is 4.39 Å². The zero-order valence-corrected chi connectivity index (χ0v) is 8.46. The van der Waals surface area contributed by atoms with Crippen molar-refractivity contribution in [1.82, 2.24) is 0 Å². The van der Waals surface area contributed by atoms with Crippen molar-refractivity contribution in [3.05, 3.63) is 35.1 Å². The second-order valence-corrected chi connectivity index (χ2v) is 4.02. The Morgan fingerprint density at radius 2 is 2.00 bits per heavy atom. The Labute approximate surface area is 93.9 Å². The Hall–Kier alpha value is -1.59. The monoisotopic (exact) mass is 248 g/mol. The summed E-state index contributed by atoms with van der Waals surface area (Å²) in [4.78, 5) is 10.6. The van der Waals surface area contributed by atoms with Gasteiger partial charge in [0.25, 0.3) is 0 Å². The largest absolute Gasteiger partial charge is 0.481 e. The van der Waals surface area contributed by atoms with Crippen LogP contribution in [0.2, 0.25) is 0 Å². The van der Waals surface area contributed by atoms with Gasteiger partial charge < -0.3 is 5.11 Å². The van der Waals surface area contributed by atoms with Gasteiger partial charge in [0.1, 0.15) is 5.82 Å². The second kappa shape index (κ2) is 3.72. The van der Waals surface area contributed by atoms with Crippen LogP contribution >= 0.6 is 0 Å². The fourth-order valence-electron chi connectivity index (χ4n) is 1.83. The van der Waals surface area contributed by atoms with Crippen LogP contribution in [0.15, 0.2) is 18.2 Å². The summed E-state index contributed by atoms with van der Waals surface area (Å²) in [5.41, 5.74) is -1.11. The van der Waals surface area contributed by atoms with Gasteiger partial charge >= 0.3 is 12.1 Å². The minimum absolute atomic E-state index is 0.228. The van der Waals surface area contributed by atoms with Crippen LogP contribution in [0.5, 0.6) is 0 Å². The first kappa shape index (κ1) is 11.9. The van der Waals surface area contributed by atoms with Crippen LogP contribution in [0.1, 0.15) is 23.5 Å². The highest BCUT2D eigenvalue weighted by atomic mass is 19.4. The molecule has 6 heteroatoms. The van der Waals surface area contributed by atoms with Gasteiger partial charge in [-0.1, -0.05) is 6.07 Å². The molecule has 2 rings (SSSR count). The van der Waals surface area contributed by atoms with E-state index in [2.05, 4.69) is 0 Å². The van der Waals surface area contributed by atoms with Gasteiger partial charge in [-0.15, -0.1) is 0 Å². The summed E-state index contributed by atoms with van der Waals surface area (Å²) in [5, 5.41) is 8.67. The smallest absolute Gasteiger partial charge is 0.419 e. The number of carbonyl (C=O) groups is 1. The highest BCUT2D eigenvalue weighted by Gasteiger charge is 2.45. The number of hydrogen-bond acceptors (Lipinski definition) is 1. The summed E-state index contributed by atoms with van der Waals surface area (Å²) in [6.07, 6.45) is -4.45. The molecule has 1 fully saturated rings. The van der Waals surface area contributed by atoms with Crippen molar-refractivity contribution in [3.8, 4) is 0 Å². The molecule has 1 aliphatic rings. The molecule has 0 spiro atoms. The molecule has 0 amide bonds. The van der Waals surface area contributed by atoms with Gasteiger partial charge in [0.2, 0.25) is 0 Å². The summed E-state index contributed by atoms with van der Waals surface area (Å²) in [7, 11) is 0. The van der Waals surface area contributed by atoms with Crippen LogP contribution in [0.4, 0.5) is 17.6 Å². The van der Waals surface area contributed by atoms with Gasteiger partial charge in [0, 0.05) is 0 Å². The molecule has 0 saturated heterocycles. The lowest BCUT2D eigenvalue weighted by Crippen LogP contribution is -2.09. The lowest BCUT2D eigenvalue weighted by Gasteiger charge is -2.09. The first-order valence-electron chi connectivity index (χ1n) is 4.90. The van der Waals surface area contributed by atoms with E-state index in [0.29, 0.717) is 12.5 Å². The molecule has 17 heavy (non-hydrogen) atoms. The van der Waals surface area contributed by atoms with Crippen molar-refractivity contribution >= 4 is 5.97 Å². The van der Waals surface area contributed by atoms with Gasteiger partial charge in [0.05, 0.1) is 11.5 Å². The molecular weight excluding hydrogens is 240 g/mol. The molecule has 1 aromatic rings. The van der Waals surface area contributed by atoms with Crippen molar-refractivity contribution in [3.63, 3.8) is 0 Å². The van der Waals surface area contributed by atoms with Crippen LogP contribution in [-0.4, -0.2) is 11.1 Å². The van der Waals surface area contributed by atoms with E-state index < -0.39 is 35.4 Å². The third-order valence-electron chi connectivity index (χ3n) is 2.83. The second-order valence-electron chi connectivity index (χ2n) is 4.02. The first-order chi connectivity index (χ1) is 7.80. The molecule has 92 valence electrons.